The van der Waals surface area contributed by atoms with E-state index in [0.29, 0.717) is 54.7 Å². The van der Waals surface area contributed by atoms with Gasteiger partial charge in [-0.25, -0.2) is 4.98 Å². The predicted molar refractivity (Wildman–Crippen MR) is 130 cm³/mol. The average Bonchev–Trinajstić information content (AvgIpc) is 3.39. The molecule has 0 saturated heterocycles. The van der Waals surface area contributed by atoms with Crippen molar-refractivity contribution in [3.8, 4) is 11.5 Å². The van der Waals surface area contributed by atoms with Gasteiger partial charge in [0.05, 0.1) is 6.33 Å². The molecule has 0 unspecified atom stereocenters. The van der Waals surface area contributed by atoms with Crippen LogP contribution in [-0.4, -0.2) is 58.5 Å². The molecule has 0 radical (unpaired) electrons. The summed E-state index contributed by atoms with van der Waals surface area (Å²) < 4.78 is 12.8. The number of hydrogen-bond donors (Lipinski definition) is 2. The number of aryl methyl sites for hydroxylation is 1. The molecule has 182 valence electrons. The zero-order valence-corrected chi connectivity index (χ0v) is 19.4. The van der Waals surface area contributed by atoms with E-state index in [1.54, 1.807) is 68.1 Å². The molecule has 0 bridgehead atoms. The number of likely N-dealkylation sites (N-methyl/N-ethyl adjacent to an activating group) is 1. The maximum Gasteiger partial charge on any atom is 0.254 e. The van der Waals surface area contributed by atoms with Crippen LogP contribution in [0.4, 0.5) is 11.4 Å². The number of ether oxygens (including phenoxy) is 2. The van der Waals surface area contributed by atoms with Crippen LogP contribution in [0.15, 0.2) is 61.2 Å². The summed E-state index contributed by atoms with van der Waals surface area (Å²) in [5.41, 5.74) is 1.46. The van der Waals surface area contributed by atoms with Crippen molar-refractivity contribution >= 4 is 29.1 Å². The van der Waals surface area contributed by atoms with Gasteiger partial charge in [0.15, 0.2) is 11.5 Å². The number of imidazole rings is 1. The predicted octanol–water partition coefficient (Wildman–Crippen LogP) is 2.78. The topological polar surface area (TPSA) is 115 Å². The highest BCUT2D eigenvalue weighted by Gasteiger charge is 2.19. The molecule has 0 spiro atoms. The number of rotatable bonds is 9. The van der Waals surface area contributed by atoms with Crippen LogP contribution in [-0.2, 0) is 16.1 Å². The molecule has 3 amide bonds. The SMILES string of the molecule is CCN(CC(=O)Nc1ccc2c(c1)OCCO2)C(=O)c1cccc(NC(=O)CCn2ccnc2)c1. The highest BCUT2D eigenvalue weighted by molar-refractivity contribution is 6.00. The molecule has 10 nitrogen and oxygen atoms in total. The Hall–Kier alpha value is -4.34. The van der Waals surface area contributed by atoms with E-state index in [1.165, 1.54) is 4.90 Å². The number of anilines is 2. The molecule has 4 rings (SSSR count). The van der Waals surface area contributed by atoms with Crippen LogP contribution >= 0.6 is 0 Å². The third-order valence-electron chi connectivity index (χ3n) is 5.38. The Bertz CT molecular complexity index is 1190. The fourth-order valence-corrected chi connectivity index (χ4v) is 3.61. The number of carbonyl (C=O) groups excluding carboxylic acids is 3. The molecule has 2 N–H and O–H groups in total. The Kier molecular flexibility index (Phi) is 7.61. The van der Waals surface area contributed by atoms with Crippen LogP contribution in [0.25, 0.3) is 0 Å². The van der Waals surface area contributed by atoms with Crippen molar-refractivity contribution in [2.75, 3.05) is 36.9 Å². The summed E-state index contributed by atoms with van der Waals surface area (Å²) in [7, 11) is 0. The van der Waals surface area contributed by atoms with Gasteiger partial charge < -0.3 is 29.6 Å². The maximum absolute atomic E-state index is 13.1. The molecule has 1 aliphatic rings. The highest BCUT2D eigenvalue weighted by Crippen LogP contribution is 2.32. The molecule has 0 saturated carbocycles. The Morgan fingerprint density at radius 3 is 2.54 bits per heavy atom. The Morgan fingerprint density at radius 1 is 1.00 bits per heavy atom. The van der Waals surface area contributed by atoms with Gasteiger partial charge in [-0.2, -0.15) is 0 Å². The molecular weight excluding hydrogens is 450 g/mol. The van der Waals surface area contributed by atoms with Gasteiger partial charge in [-0.1, -0.05) is 6.07 Å². The second kappa shape index (κ2) is 11.2. The van der Waals surface area contributed by atoms with Gasteiger partial charge in [0.25, 0.3) is 5.91 Å². The summed E-state index contributed by atoms with van der Waals surface area (Å²) in [6, 6.07) is 11.8. The molecule has 1 aromatic heterocycles. The molecule has 1 aliphatic heterocycles. The van der Waals surface area contributed by atoms with Gasteiger partial charge in [-0.3, -0.25) is 14.4 Å². The van der Waals surface area contributed by atoms with E-state index >= 15 is 0 Å². The molecule has 0 fully saturated rings. The lowest BCUT2D eigenvalue weighted by molar-refractivity contribution is -0.117. The summed E-state index contributed by atoms with van der Waals surface area (Å²) in [5, 5.41) is 5.60. The monoisotopic (exact) mass is 477 g/mol. The Morgan fingerprint density at radius 2 is 1.77 bits per heavy atom. The molecule has 35 heavy (non-hydrogen) atoms. The molecule has 0 atom stereocenters. The second-order valence-electron chi connectivity index (χ2n) is 7.91. The van der Waals surface area contributed by atoms with Gasteiger partial charge in [-0.05, 0) is 37.3 Å². The minimum Gasteiger partial charge on any atom is -0.486 e. The van der Waals surface area contributed by atoms with Crippen molar-refractivity contribution < 1.29 is 23.9 Å². The third-order valence-corrected chi connectivity index (χ3v) is 5.38. The van der Waals surface area contributed by atoms with Crippen molar-refractivity contribution in [2.24, 2.45) is 0 Å². The molecular formula is C25H27N5O5. The lowest BCUT2D eigenvalue weighted by atomic mass is 10.1. The normalized spacial score (nSPS) is 12.0. The number of nitrogens with one attached hydrogen (secondary N) is 2. The van der Waals surface area contributed by atoms with Crippen LogP contribution in [0.2, 0.25) is 0 Å². The summed E-state index contributed by atoms with van der Waals surface area (Å²) in [6.45, 7) is 3.47. The van der Waals surface area contributed by atoms with Crippen LogP contribution in [0, 0.1) is 0 Å². The largest absolute Gasteiger partial charge is 0.486 e. The van der Waals surface area contributed by atoms with E-state index in [-0.39, 0.29) is 30.7 Å². The molecule has 2 aromatic carbocycles. The first-order valence-corrected chi connectivity index (χ1v) is 11.4. The smallest absolute Gasteiger partial charge is 0.254 e. The zero-order chi connectivity index (χ0) is 24.6. The number of carbonyl (C=O) groups is 3. The summed E-state index contributed by atoms with van der Waals surface area (Å²) in [6.07, 6.45) is 5.37. The molecule has 0 aliphatic carbocycles. The number of aromatic nitrogens is 2. The van der Waals surface area contributed by atoms with E-state index in [0.717, 1.165) is 0 Å². The Balaban J connectivity index is 1.33. The van der Waals surface area contributed by atoms with Crippen molar-refractivity contribution in [3.05, 3.63) is 66.7 Å². The van der Waals surface area contributed by atoms with Gasteiger partial charge in [0.2, 0.25) is 11.8 Å². The van der Waals surface area contributed by atoms with E-state index in [4.69, 9.17) is 9.47 Å². The lowest BCUT2D eigenvalue weighted by Gasteiger charge is -2.22. The van der Waals surface area contributed by atoms with E-state index in [1.807, 2.05) is 4.57 Å². The average molecular weight is 478 g/mol. The maximum atomic E-state index is 13.1. The quantitative estimate of drug-likeness (QED) is 0.490. The van der Waals surface area contributed by atoms with Gasteiger partial charge >= 0.3 is 0 Å². The van der Waals surface area contributed by atoms with E-state index in [9.17, 15) is 14.4 Å². The molecule has 2 heterocycles. The fraction of sp³-hybridized carbons (Fsp3) is 0.280. The fourth-order valence-electron chi connectivity index (χ4n) is 3.61. The number of benzene rings is 2. The van der Waals surface area contributed by atoms with Crippen molar-refractivity contribution in [3.63, 3.8) is 0 Å². The van der Waals surface area contributed by atoms with Gasteiger partial charge in [-0.15, -0.1) is 0 Å². The van der Waals surface area contributed by atoms with Crippen molar-refractivity contribution in [1.29, 1.82) is 0 Å². The molecule has 10 heteroatoms. The van der Waals surface area contributed by atoms with Crippen LogP contribution in [0.1, 0.15) is 23.7 Å². The van der Waals surface area contributed by atoms with E-state index in [2.05, 4.69) is 15.6 Å². The summed E-state index contributed by atoms with van der Waals surface area (Å²) >= 11 is 0. The van der Waals surface area contributed by atoms with Gasteiger partial charge in [0, 0.05) is 54.9 Å². The summed E-state index contributed by atoms with van der Waals surface area (Å²) in [5.74, 6) is 0.393. The van der Waals surface area contributed by atoms with Crippen molar-refractivity contribution in [2.45, 2.75) is 19.9 Å². The van der Waals surface area contributed by atoms with Crippen molar-refractivity contribution in [1.82, 2.24) is 14.5 Å². The second-order valence-corrected chi connectivity index (χ2v) is 7.91. The standard InChI is InChI=1S/C25H27N5O5/c1-2-30(16-24(32)28-20-6-7-21-22(15-20)35-13-12-34-21)25(33)18-4-3-5-19(14-18)27-23(31)8-10-29-11-9-26-17-29/h3-7,9,11,14-15,17H,2,8,10,12-13,16H2,1H3,(H,27,31)(H,28,32). The first-order chi connectivity index (χ1) is 17.0. The van der Waals surface area contributed by atoms with Crippen LogP contribution < -0.4 is 20.1 Å². The summed E-state index contributed by atoms with van der Waals surface area (Å²) in [4.78, 5) is 43.4. The zero-order valence-electron chi connectivity index (χ0n) is 19.4. The van der Waals surface area contributed by atoms with Gasteiger partial charge in [0.1, 0.15) is 19.8 Å². The number of hydrogen-bond acceptors (Lipinski definition) is 6. The number of nitrogens with zero attached hydrogens (tertiary/aromatic N) is 3. The lowest BCUT2D eigenvalue weighted by Crippen LogP contribution is -2.37. The Labute approximate surface area is 202 Å². The first kappa shape index (κ1) is 23.8. The first-order valence-electron chi connectivity index (χ1n) is 11.4. The minimum absolute atomic E-state index is 0.120. The van der Waals surface area contributed by atoms with Crippen LogP contribution in [0.5, 0.6) is 11.5 Å². The highest BCUT2D eigenvalue weighted by atomic mass is 16.6. The number of amides is 3. The molecule has 3 aromatic rings. The van der Waals surface area contributed by atoms with E-state index < -0.39 is 0 Å². The minimum atomic E-state index is -0.333. The third kappa shape index (κ3) is 6.38. The number of fused-ring (bicyclic) bond motifs is 1. The van der Waals surface area contributed by atoms with Crippen LogP contribution in [0.3, 0.4) is 0 Å².